The van der Waals surface area contributed by atoms with E-state index in [4.69, 9.17) is 31.0 Å². The van der Waals surface area contributed by atoms with Crippen molar-refractivity contribution in [2.45, 2.75) is 25.1 Å². The van der Waals surface area contributed by atoms with Crippen molar-refractivity contribution in [2.24, 2.45) is 0 Å². The third-order valence-electron chi connectivity index (χ3n) is 4.59. The Morgan fingerprint density at radius 3 is 2.47 bits per heavy atom. The molecule has 0 atom stereocenters. The number of carboxylic acids is 1. The Bertz CT molecular complexity index is 1160. The van der Waals surface area contributed by atoms with E-state index in [1.807, 2.05) is 0 Å². The molecule has 2 aromatic carbocycles. The number of ether oxygens (including phenoxy) is 2. The van der Waals surface area contributed by atoms with E-state index >= 15 is 4.48 Å². The topological polar surface area (TPSA) is 105 Å². The van der Waals surface area contributed by atoms with E-state index in [9.17, 15) is 18.3 Å². The average molecular weight is 504 g/mol. The fourth-order valence-electron chi connectivity index (χ4n) is 3.06. The molecule has 2 N–H and O–H groups in total. The molecular formula is C21H18ClF4N3O5. The summed E-state index contributed by atoms with van der Waals surface area (Å²) in [4.78, 5) is 17.2. The van der Waals surface area contributed by atoms with Gasteiger partial charge in [0.1, 0.15) is 23.9 Å². The van der Waals surface area contributed by atoms with Gasteiger partial charge in [0.15, 0.2) is 5.82 Å². The number of phenols is 1. The van der Waals surface area contributed by atoms with Crippen LogP contribution in [-0.2, 0) is 9.53 Å². The van der Waals surface area contributed by atoms with Gasteiger partial charge in [0.25, 0.3) is 0 Å². The molecule has 2 heterocycles. The molecule has 34 heavy (non-hydrogen) atoms. The summed E-state index contributed by atoms with van der Waals surface area (Å²) in [7, 11) is 0. The molecule has 1 aromatic heterocycles. The van der Waals surface area contributed by atoms with Gasteiger partial charge >= 0.3 is 12.1 Å². The number of fused-ring (bicyclic) bond motifs is 1. The van der Waals surface area contributed by atoms with Crippen molar-refractivity contribution < 1.29 is 42.1 Å². The number of hydrogen-bond donors (Lipinski definition) is 2. The molecule has 0 amide bonds. The minimum Gasteiger partial charge on any atom is -0.508 e. The summed E-state index contributed by atoms with van der Waals surface area (Å²) in [5, 5.41) is 18.4. The summed E-state index contributed by atoms with van der Waals surface area (Å²) in [5.41, 5.74) is 0.610. The number of anilines is 2. The van der Waals surface area contributed by atoms with Gasteiger partial charge in [-0.15, -0.1) is 0 Å². The first-order valence-corrected chi connectivity index (χ1v) is 10.2. The highest BCUT2D eigenvalue weighted by molar-refractivity contribution is 6.30. The van der Waals surface area contributed by atoms with Gasteiger partial charge in [0, 0.05) is 30.0 Å². The minimum absolute atomic E-state index is 0.0117. The van der Waals surface area contributed by atoms with Crippen LogP contribution < -0.4 is 9.86 Å². The Kier molecular flexibility index (Phi) is 7.94. The minimum atomic E-state index is -5.08. The molecule has 1 fully saturated rings. The molecule has 3 aromatic rings. The highest BCUT2D eigenvalue weighted by Gasteiger charge is 2.38. The lowest BCUT2D eigenvalue weighted by atomic mass is 10.1. The number of benzene rings is 2. The summed E-state index contributed by atoms with van der Waals surface area (Å²) in [6, 6.07) is 9.29. The summed E-state index contributed by atoms with van der Waals surface area (Å²) in [5.74, 6) is -2.42. The van der Waals surface area contributed by atoms with E-state index < -0.39 is 12.1 Å². The maximum Gasteiger partial charge on any atom is 0.490 e. The number of nitrogens with zero attached hydrogens (tertiary/aromatic N) is 3. The third kappa shape index (κ3) is 6.35. The van der Waals surface area contributed by atoms with Crippen molar-refractivity contribution in [2.75, 3.05) is 18.3 Å². The third-order valence-corrected chi connectivity index (χ3v) is 4.83. The lowest BCUT2D eigenvalue weighted by Crippen LogP contribution is -2.26. The quantitative estimate of drug-likeness (QED) is 0.369. The SMILES string of the molecule is O=C(O)C(F)(F)F.Oc1cc(OC2CCOCC2)c2c(N(F)c3cccc(Cl)c3)ncnc2c1. The van der Waals surface area contributed by atoms with Gasteiger partial charge in [-0.05, 0) is 18.2 Å². The number of carbonyl (C=O) groups is 1. The zero-order chi connectivity index (χ0) is 24.9. The van der Waals surface area contributed by atoms with Crippen LogP contribution in [0.1, 0.15) is 12.8 Å². The summed E-state index contributed by atoms with van der Waals surface area (Å²) in [6.07, 6.45) is -2.50. The second-order valence-corrected chi connectivity index (χ2v) is 7.46. The van der Waals surface area contributed by atoms with Crippen LogP contribution in [0.2, 0.25) is 5.02 Å². The number of halogens is 5. The molecule has 0 radical (unpaired) electrons. The molecule has 1 saturated heterocycles. The van der Waals surface area contributed by atoms with E-state index in [0.29, 0.717) is 52.9 Å². The van der Waals surface area contributed by atoms with Gasteiger partial charge in [-0.25, -0.2) is 14.8 Å². The van der Waals surface area contributed by atoms with E-state index in [-0.39, 0.29) is 23.4 Å². The van der Waals surface area contributed by atoms with Crippen molar-refractivity contribution in [3.8, 4) is 11.5 Å². The van der Waals surface area contributed by atoms with Gasteiger partial charge in [0.2, 0.25) is 0 Å². The molecule has 182 valence electrons. The first-order chi connectivity index (χ1) is 16.1. The first-order valence-electron chi connectivity index (χ1n) is 9.80. The van der Waals surface area contributed by atoms with Crippen molar-refractivity contribution >= 4 is 40.0 Å². The Morgan fingerprint density at radius 2 is 1.85 bits per heavy atom. The van der Waals surface area contributed by atoms with E-state index in [1.165, 1.54) is 24.5 Å². The van der Waals surface area contributed by atoms with Crippen LogP contribution in [0.4, 0.5) is 29.2 Å². The molecule has 0 aliphatic carbocycles. The molecular weight excluding hydrogens is 486 g/mol. The zero-order valence-corrected chi connectivity index (χ0v) is 18.1. The van der Waals surface area contributed by atoms with Crippen molar-refractivity contribution in [3.63, 3.8) is 0 Å². The lowest BCUT2D eigenvalue weighted by molar-refractivity contribution is -0.192. The van der Waals surface area contributed by atoms with Crippen molar-refractivity contribution in [3.05, 3.63) is 47.7 Å². The monoisotopic (exact) mass is 503 g/mol. The molecule has 8 nitrogen and oxygen atoms in total. The van der Waals surface area contributed by atoms with E-state index in [1.54, 1.807) is 18.2 Å². The molecule has 0 bridgehead atoms. The predicted octanol–water partition coefficient (Wildman–Crippen LogP) is 5.20. The molecule has 0 spiro atoms. The fraction of sp³-hybridized carbons (Fsp3) is 0.286. The Hall–Kier alpha value is -3.38. The molecule has 13 heteroatoms. The maximum atomic E-state index is 15.2. The van der Waals surface area contributed by atoms with Gasteiger partial charge in [-0.1, -0.05) is 22.1 Å². The number of aromatic nitrogens is 2. The second-order valence-electron chi connectivity index (χ2n) is 7.03. The normalized spacial score (nSPS) is 14.3. The van der Waals surface area contributed by atoms with Crippen molar-refractivity contribution in [1.82, 2.24) is 9.97 Å². The molecule has 1 aliphatic rings. The highest BCUT2D eigenvalue weighted by atomic mass is 35.5. The number of alkyl halides is 3. The highest BCUT2D eigenvalue weighted by Crippen LogP contribution is 2.39. The number of aliphatic carboxylic acids is 1. The standard InChI is InChI=1S/C19H17ClFN3O3.C2HF3O2/c20-12-2-1-3-13(8-12)24(21)19-18-16(22-11-23-19)9-14(25)10-17(18)27-15-4-6-26-7-5-15;3-2(4,5)1(6)7/h1-3,8-11,15,25H,4-7H2;(H,6,7). The lowest BCUT2D eigenvalue weighted by Gasteiger charge is -2.25. The van der Waals surface area contributed by atoms with Crippen LogP contribution in [0, 0.1) is 0 Å². The van der Waals surface area contributed by atoms with Gasteiger partial charge in [-0.3, -0.25) is 0 Å². The maximum absolute atomic E-state index is 15.2. The summed E-state index contributed by atoms with van der Waals surface area (Å²) >= 11 is 5.98. The Balaban J connectivity index is 0.000000406. The predicted molar refractivity (Wildman–Crippen MR) is 114 cm³/mol. The number of phenolic OH excluding ortho intramolecular Hbond substituents is 1. The molecule has 1 aliphatic heterocycles. The largest absolute Gasteiger partial charge is 0.508 e. The van der Waals surface area contributed by atoms with E-state index in [2.05, 4.69) is 9.97 Å². The fourth-order valence-corrected chi connectivity index (χ4v) is 3.24. The van der Waals surface area contributed by atoms with Crippen LogP contribution in [0.3, 0.4) is 0 Å². The van der Waals surface area contributed by atoms with E-state index in [0.717, 1.165) is 0 Å². The van der Waals surface area contributed by atoms with Crippen LogP contribution >= 0.6 is 11.6 Å². The van der Waals surface area contributed by atoms with Gasteiger partial charge < -0.3 is 19.7 Å². The molecule has 4 rings (SSSR count). The zero-order valence-electron chi connectivity index (χ0n) is 17.3. The van der Waals surface area contributed by atoms with Crippen LogP contribution in [0.15, 0.2) is 42.7 Å². The summed E-state index contributed by atoms with van der Waals surface area (Å²) < 4.78 is 58.3. The number of carboxylic acid groups (broad SMARTS) is 1. The average Bonchev–Trinajstić information content (AvgIpc) is 2.78. The second kappa shape index (κ2) is 10.7. The van der Waals surface area contributed by atoms with Crippen molar-refractivity contribution in [1.29, 1.82) is 0 Å². The van der Waals surface area contributed by atoms with Gasteiger partial charge in [0.05, 0.1) is 29.8 Å². The Labute approximate surface area is 195 Å². The molecule has 0 unspecified atom stereocenters. The Morgan fingerprint density at radius 1 is 1.18 bits per heavy atom. The smallest absolute Gasteiger partial charge is 0.490 e. The first kappa shape index (κ1) is 25.2. The molecule has 0 saturated carbocycles. The van der Waals surface area contributed by atoms with Crippen LogP contribution in [0.25, 0.3) is 10.9 Å². The number of hydrogen-bond acceptors (Lipinski definition) is 7. The summed E-state index contributed by atoms with van der Waals surface area (Å²) in [6.45, 7) is 1.20. The van der Waals surface area contributed by atoms with Crippen LogP contribution in [-0.4, -0.2) is 51.6 Å². The number of aromatic hydroxyl groups is 1. The van der Waals surface area contributed by atoms with Crippen LogP contribution in [0.5, 0.6) is 11.5 Å². The van der Waals surface area contributed by atoms with Gasteiger partial charge in [-0.2, -0.15) is 18.3 Å². The number of rotatable bonds is 4.